The Balaban J connectivity index is 3.19. The maximum absolute atomic E-state index is 11.3. The van der Waals surface area contributed by atoms with Crippen LogP contribution in [0.2, 0.25) is 0 Å². The van der Waals surface area contributed by atoms with Gasteiger partial charge in [0, 0.05) is 0 Å². The predicted octanol–water partition coefficient (Wildman–Crippen LogP) is 6.20. The molecule has 124 valence electrons. The molecule has 2 heteroatoms. The number of esters is 1. The number of hydrogen-bond donors (Lipinski definition) is 0. The summed E-state index contributed by atoms with van der Waals surface area (Å²) in [5.74, 6) is -0.0909. The van der Waals surface area contributed by atoms with Crippen LogP contribution >= 0.6 is 0 Å². The lowest BCUT2D eigenvalue weighted by Gasteiger charge is -2.01. The molecule has 0 aliphatic heterocycles. The van der Waals surface area contributed by atoms with Crippen molar-refractivity contribution in [1.82, 2.24) is 0 Å². The number of ether oxygens (including phenoxy) is 1. The highest BCUT2D eigenvalue weighted by molar-refractivity contribution is 5.71. The van der Waals surface area contributed by atoms with Gasteiger partial charge in [0.05, 0.1) is 13.0 Å². The highest BCUT2D eigenvalue weighted by atomic mass is 16.5. The zero-order valence-electron chi connectivity index (χ0n) is 14.4. The second-order valence-corrected chi connectivity index (χ2v) is 5.87. The van der Waals surface area contributed by atoms with Crippen LogP contribution in [0.1, 0.15) is 97.3 Å². The van der Waals surface area contributed by atoms with Crippen LogP contribution in [-0.2, 0) is 9.53 Å². The van der Waals surface area contributed by atoms with Gasteiger partial charge in [0.1, 0.15) is 0 Å². The average Bonchev–Trinajstić information content (AvgIpc) is 2.48. The first kappa shape index (κ1) is 20.2. The van der Waals surface area contributed by atoms with Crippen molar-refractivity contribution in [2.24, 2.45) is 0 Å². The Bertz CT molecular complexity index is 246. The lowest BCUT2D eigenvalue weighted by atomic mass is 10.1. The maximum atomic E-state index is 11.3. The van der Waals surface area contributed by atoms with Crippen molar-refractivity contribution in [3.8, 4) is 0 Å². The molecule has 0 aromatic carbocycles. The van der Waals surface area contributed by atoms with E-state index in [1.807, 2.05) is 6.08 Å². The molecule has 0 aromatic heterocycles. The first-order valence-electron chi connectivity index (χ1n) is 9.11. The summed E-state index contributed by atoms with van der Waals surface area (Å²) in [5.41, 5.74) is 0. The highest BCUT2D eigenvalue weighted by Gasteiger charge is 1.97. The van der Waals surface area contributed by atoms with Gasteiger partial charge in [-0.1, -0.05) is 83.8 Å². The van der Waals surface area contributed by atoms with Crippen LogP contribution < -0.4 is 0 Å². The van der Waals surface area contributed by atoms with Gasteiger partial charge >= 0.3 is 5.97 Å². The number of carbonyl (C=O) groups excluding carboxylic acids is 1. The first-order chi connectivity index (χ1) is 10.3. The summed E-state index contributed by atoms with van der Waals surface area (Å²) in [4.78, 5) is 11.3. The molecule has 0 fully saturated rings. The van der Waals surface area contributed by atoms with E-state index < -0.39 is 0 Å². The summed E-state index contributed by atoms with van der Waals surface area (Å²) >= 11 is 0. The van der Waals surface area contributed by atoms with Crippen molar-refractivity contribution >= 4 is 5.97 Å². The van der Waals surface area contributed by atoms with Crippen molar-refractivity contribution in [3.05, 3.63) is 12.2 Å². The Hall–Kier alpha value is -0.790. The molecule has 0 bridgehead atoms. The van der Waals surface area contributed by atoms with E-state index in [9.17, 15) is 4.79 Å². The lowest BCUT2D eigenvalue weighted by Crippen LogP contribution is -2.03. The minimum absolute atomic E-state index is 0.0909. The summed E-state index contributed by atoms with van der Waals surface area (Å²) < 4.78 is 5.09. The van der Waals surface area contributed by atoms with Crippen LogP contribution in [0.3, 0.4) is 0 Å². The second kappa shape index (κ2) is 17.3. The third-order valence-corrected chi connectivity index (χ3v) is 3.69. The van der Waals surface area contributed by atoms with Crippen molar-refractivity contribution in [2.75, 3.05) is 6.61 Å². The zero-order valence-corrected chi connectivity index (χ0v) is 14.4. The molecule has 0 rings (SSSR count). The van der Waals surface area contributed by atoms with Crippen LogP contribution in [0.4, 0.5) is 0 Å². The minimum Gasteiger partial charge on any atom is -0.465 e. The third kappa shape index (κ3) is 17.2. The van der Waals surface area contributed by atoms with E-state index >= 15 is 0 Å². The largest absolute Gasteiger partial charge is 0.465 e. The molecule has 2 nitrogen and oxygen atoms in total. The molecular weight excluding hydrogens is 260 g/mol. The van der Waals surface area contributed by atoms with E-state index in [-0.39, 0.29) is 5.97 Å². The van der Waals surface area contributed by atoms with Gasteiger partial charge in [-0.25, -0.2) is 0 Å². The van der Waals surface area contributed by atoms with E-state index in [0.717, 1.165) is 19.3 Å². The SMILES string of the molecule is CCCCCCCCCCC/C=C/CC(=O)OCCCC. The highest BCUT2D eigenvalue weighted by Crippen LogP contribution is 2.10. The summed E-state index contributed by atoms with van der Waals surface area (Å²) in [6.07, 6.45) is 19.9. The molecule has 0 unspecified atom stereocenters. The van der Waals surface area contributed by atoms with Crippen LogP contribution in [0.5, 0.6) is 0 Å². The standard InChI is InChI=1S/C19H36O2/c1-3-5-7-8-9-10-11-12-13-14-15-16-17-19(20)21-18-6-4-2/h15-16H,3-14,17-18H2,1-2H3/b16-15+. The van der Waals surface area contributed by atoms with E-state index in [2.05, 4.69) is 19.9 Å². The molecular formula is C19H36O2. The first-order valence-corrected chi connectivity index (χ1v) is 9.11. The second-order valence-electron chi connectivity index (χ2n) is 5.87. The monoisotopic (exact) mass is 296 g/mol. The topological polar surface area (TPSA) is 26.3 Å². The van der Waals surface area contributed by atoms with Gasteiger partial charge in [-0.15, -0.1) is 0 Å². The minimum atomic E-state index is -0.0909. The van der Waals surface area contributed by atoms with Crippen LogP contribution in [0.25, 0.3) is 0 Å². The summed E-state index contributed by atoms with van der Waals surface area (Å²) in [7, 11) is 0. The molecule has 0 heterocycles. The molecule has 0 saturated heterocycles. The van der Waals surface area contributed by atoms with E-state index in [1.54, 1.807) is 0 Å². The molecule has 0 radical (unpaired) electrons. The molecule has 0 aromatic rings. The normalized spacial score (nSPS) is 11.1. The Morgan fingerprint density at radius 3 is 1.95 bits per heavy atom. The van der Waals surface area contributed by atoms with Gasteiger partial charge in [0.2, 0.25) is 0 Å². The molecule has 21 heavy (non-hydrogen) atoms. The van der Waals surface area contributed by atoms with Crippen molar-refractivity contribution in [3.63, 3.8) is 0 Å². The maximum Gasteiger partial charge on any atom is 0.309 e. The molecule has 0 spiro atoms. The number of allylic oxidation sites excluding steroid dienone is 1. The van der Waals surface area contributed by atoms with E-state index in [4.69, 9.17) is 4.74 Å². The molecule has 0 N–H and O–H groups in total. The third-order valence-electron chi connectivity index (χ3n) is 3.69. The van der Waals surface area contributed by atoms with Crippen molar-refractivity contribution in [1.29, 1.82) is 0 Å². The molecule has 0 amide bonds. The van der Waals surface area contributed by atoms with Gasteiger partial charge in [0.15, 0.2) is 0 Å². The van der Waals surface area contributed by atoms with Gasteiger partial charge in [-0.2, -0.15) is 0 Å². The summed E-state index contributed by atoms with van der Waals surface area (Å²) in [6.45, 7) is 4.93. The number of carbonyl (C=O) groups is 1. The van der Waals surface area contributed by atoms with Gasteiger partial charge in [-0.3, -0.25) is 4.79 Å². The molecule has 0 aliphatic rings. The van der Waals surface area contributed by atoms with Crippen LogP contribution in [-0.4, -0.2) is 12.6 Å². The Kier molecular flexibility index (Phi) is 16.6. The molecule has 0 saturated carbocycles. The number of unbranched alkanes of at least 4 members (excludes halogenated alkanes) is 10. The lowest BCUT2D eigenvalue weighted by molar-refractivity contribution is -0.142. The molecule has 0 aliphatic carbocycles. The van der Waals surface area contributed by atoms with Crippen molar-refractivity contribution < 1.29 is 9.53 Å². The van der Waals surface area contributed by atoms with Crippen LogP contribution in [0.15, 0.2) is 12.2 Å². The Labute approximate surface area is 132 Å². The predicted molar refractivity (Wildman–Crippen MR) is 91.5 cm³/mol. The fourth-order valence-electron chi connectivity index (χ4n) is 2.26. The van der Waals surface area contributed by atoms with Gasteiger partial charge < -0.3 is 4.74 Å². The van der Waals surface area contributed by atoms with E-state index in [1.165, 1.54) is 57.8 Å². The smallest absolute Gasteiger partial charge is 0.309 e. The zero-order chi connectivity index (χ0) is 15.6. The Morgan fingerprint density at radius 1 is 0.762 bits per heavy atom. The molecule has 0 atom stereocenters. The van der Waals surface area contributed by atoms with Gasteiger partial charge in [0.25, 0.3) is 0 Å². The van der Waals surface area contributed by atoms with Crippen LogP contribution in [0, 0.1) is 0 Å². The fraction of sp³-hybridized carbons (Fsp3) is 0.842. The van der Waals surface area contributed by atoms with Gasteiger partial charge in [-0.05, 0) is 19.3 Å². The average molecular weight is 296 g/mol. The fourth-order valence-corrected chi connectivity index (χ4v) is 2.26. The van der Waals surface area contributed by atoms with E-state index in [0.29, 0.717) is 13.0 Å². The number of rotatable bonds is 15. The summed E-state index contributed by atoms with van der Waals surface area (Å²) in [5, 5.41) is 0. The Morgan fingerprint density at radius 2 is 1.33 bits per heavy atom. The summed E-state index contributed by atoms with van der Waals surface area (Å²) in [6, 6.07) is 0. The van der Waals surface area contributed by atoms with Crippen molar-refractivity contribution in [2.45, 2.75) is 97.3 Å². The quantitative estimate of drug-likeness (QED) is 0.204. The number of hydrogen-bond acceptors (Lipinski definition) is 2.